The lowest BCUT2D eigenvalue weighted by molar-refractivity contribution is -0.116. The monoisotopic (exact) mass is 348 g/mol. The Bertz CT molecular complexity index is 678. The van der Waals surface area contributed by atoms with Crippen LogP contribution in [0.3, 0.4) is 0 Å². The maximum Gasteiger partial charge on any atom is 0.224 e. The molecule has 1 saturated heterocycles. The van der Waals surface area contributed by atoms with E-state index < -0.39 is 0 Å². The summed E-state index contributed by atoms with van der Waals surface area (Å²) >= 11 is 0. The molecule has 24 heavy (non-hydrogen) atoms. The van der Waals surface area contributed by atoms with Gasteiger partial charge in [-0.2, -0.15) is 5.10 Å². The molecule has 1 amide bonds. The molecule has 5 nitrogen and oxygen atoms in total. The number of benzene rings is 1. The minimum absolute atomic E-state index is 0. The minimum atomic E-state index is 0. The molecule has 2 aromatic rings. The standard InChI is InChI=1S/C18H24N4O.ClH/c1-13-18(20-17(23)9-8-15-10-11-19-12-15)14(2)22(21-13)16-6-4-3-5-7-16;/h3-7,15,19H,8-12H2,1-2H3,(H,20,23);1H. The summed E-state index contributed by atoms with van der Waals surface area (Å²) in [7, 11) is 0. The van der Waals surface area contributed by atoms with Gasteiger partial charge in [-0.05, 0) is 57.8 Å². The molecule has 1 aliphatic rings. The van der Waals surface area contributed by atoms with E-state index in [-0.39, 0.29) is 18.3 Å². The number of para-hydroxylation sites is 1. The summed E-state index contributed by atoms with van der Waals surface area (Å²) in [5.41, 5.74) is 3.65. The number of nitrogens with zero attached hydrogens (tertiary/aromatic N) is 2. The average Bonchev–Trinajstić information content (AvgIpc) is 3.17. The number of hydrogen-bond acceptors (Lipinski definition) is 3. The quantitative estimate of drug-likeness (QED) is 0.872. The van der Waals surface area contributed by atoms with Crippen LogP contribution in [0.2, 0.25) is 0 Å². The van der Waals surface area contributed by atoms with Crippen LogP contribution < -0.4 is 10.6 Å². The van der Waals surface area contributed by atoms with Gasteiger partial charge in [0.05, 0.1) is 22.8 Å². The highest BCUT2D eigenvalue weighted by molar-refractivity contribution is 5.92. The van der Waals surface area contributed by atoms with E-state index in [1.807, 2.05) is 48.9 Å². The number of halogens is 1. The number of amides is 1. The summed E-state index contributed by atoms with van der Waals surface area (Å²) in [5, 5.41) is 11.0. The summed E-state index contributed by atoms with van der Waals surface area (Å²) in [5.74, 6) is 0.714. The summed E-state index contributed by atoms with van der Waals surface area (Å²) in [6, 6.07) is 9.98. The molecule has 2 heterocycles. The van der Waals surface area contributed by atoms with Crippen LogP contribution in [0.5, 0.6) is 0 Å². The van der Waals surface area contributed by atoms with Crippen molar-refractivity contribution in [2.75, 3.05) is 18.4 Å². The third kappa shape index (κ3) is 4.16. The van der Waals surface area contributed by atoms with Gasteiger partial charge >= 0.3 is 0 Å². The van der Waals surface area contributed by atoms with Crippen LogP contribution in [-0.2, 0) is 4.79 Å². The second kappa shape index (κ2) is 8.31. The molecule has 0 aliphatic carbocycles. The molecule has 1 aromatic heterocycles. The van der Waals surface area contributed by atoms with Crippen molar-refractivity contribution < 1.29 is 4.79 Å². The normalized spacial score (nSPS) is 16.7. The summed E-state index contributed by atoms with van der Waals surface area (Å²) in [6.07, 6.45) is 2.70. The zero-order chi connectivity index (χ0) is 16.2. The number of carbonyl (C=O) groups is 1. The Hall–Kier alpha value is -1.85. The SMILES string of the molecule is Cc1nn(-c2ccccc2)c(C)c1NC(=O)CCC1CCNC1.Cl. The van der Waals surface area contributed by atoms with Gasteiger partial charge in [0.2, 0.25) is 5.91 Å². The molecule has 0 saturated carbocycles. The van der Waals surface area contributed by atoms with Gasteiger partial charge in [0.15, 0.2) is 0 Å². The largest absolute Gasteiger partial charge is 0.323 e. The number of aromatic nitrogens is 2. The lowest BCUT2D eigenvalue weighted by Gasteiger charge is -2.09. The van der Waals surface area contributed by atoms with Crippen molar-refractivity contribution in [3.63, 3.8) is 0 Å². The van der Waals surface area contributed by atoms with Crippen molar-refractivity contribution in [3.05, 3.63) is 41.7 Å². The van der Waals surface area contributed by atoms with Gasteiger partial charge in [0.25, 0.3) is 0 Å². The predicted octanol–water partition coefficient (Wildman–Crippen LogP) is 3.24. The maximum absolute atomic E-state index is 12.3. The van der Waals surface area contributed by atoms with Gasteiger partial charge in [0.1, 0.15) is 0 Å². The van der Waals surface area contributed by atoms with E-state index in [1.165, 1.54) is 6.42 Å². The van der Waals surface area contributed by atoms with Crippen LogP contribution in [0.25, 0.3) is 5.69 Å². The Balaban J connectivity index is 0.00000208. The molecule has 2 N–H and O–H groups in total. The van der Waals surface area contributed by atoms with Gasteiger partial charge in [0, 0.05) is 6.42 Å². The fourth-order valence-electron chi connectivity index (χ4n) is 3.14. The van der Waals surface area contributed by atoms with E-state index in [1.54, 1.807) is 0 Å². The Morgan fingerprint density at radius 1 is 1.33 bits per heavy atom. The Morgan fingerprint density at radius 2 is 2.08 bits per heavy atom. The lowest BCUT2D eigenvalue weighted by atomic mass is 10.0. The molecule has 6 heteroatoms. The lowest BCUT2D eigenvalue weighted by Crippen LogP contribution is -2.15. The first kappa shape index (κ1) is 18.5. The minimum Gasteiger partial charge on any atom is -0.323 e. The van der Waals surface area contributed by atoms with Crippen molar-refractivity contribution >= 4 is 24.0 Å². The van der Waals surface area contributed by atoms with Crippen LogP contribution in [-0.4, -0.2) is 28.8 Å². The first-order valence-corrected chi connectivity index (χ1v) is 8.27. The molecule has 1 aromatic carbocycles. The highest BCUT2D eigenvalue weighted by atomic mass is 35.5. The number of carbonyl (C=O) groups excluding carboxylic acids is 1. The molecule has 130 valence electrons. The fourth-order valence-corrected chi connectivity index (χ4v) is 3.14. The van der Waals surface area contributed by atoms with Crippen LogP contribution in [0, 0.1) is 19.8 Å². The molecule has 1 atom stereocenters. The molecule has 1 unspecified atom stereocenters. The van der Waals surface area contributed by atoms with E-state index in [2.05, 4.69) is 15.7 Å². The maximum atomic E-state index is 12.3. The molecule has 0 radical (unpaired) electrons. The van der Waals surface area contributed by atoms with Crippen molar-refractivity contribution in [1.82, 2.24) is 15.1 Å². The number of anilines is 1. The summed E-state index contributed by atoms with van der Waals surface area (Å²) in [4.78, 5) is 12.3. The van der Waals surface area contributed by atoms with Crippen LogP contribution >= 0.6 is 12.4 Å². The van der Waals surface area contributed by atoms with Gasteiger partial charge in [-0.15, -0.1) is 12.4 Å². The highest BCUT2D eigenvalue weighted by Crippen LogP contribution is 2.23. The van der Waals surface area contributed by atoms with Gasteiger partial charge in [-0.25, -0.2) is 4.68 Å². The Morgan fingerprint density at radius 3 is 2.75 bits per heavy atom. The topological polar surface area (TPSA) is 59.0 Å². The van der Waals surface area contributed by atoms with E-state index in [0.29, 0.717) is 12.3 Å². The van der Waals surface area contributed by atoms with E-state index in [0.717, 1.165) is 42.3 Å². The smallest absolute Gasteiger partial charge is 0.224 e. The predicted molar refractivity (Wildman–Crippen MR) is 99.1 cm³/mol. The van der Waals surface area contributed by atoms with Crippen molar-refractivity contribution in [2.24, 2.45) is 5.92 Å². The second-order valence-electron chi connectivity index (χ2n) is 6.24. The van der Waals surface area contributed by atoms with Gasteiger partial charge in [-0.3, -0.25) is 4.79 Å². The van der Waals surface area contributed by atoms with Crippen molar-refractivity contribution in [3.8, 4) is 5.69 Å². The number of rotatable bonds is 5. The van der Waals surface area contributed by atoms with E-state index in [9.17, 15) is 4.79 Å². The zero-order valence-electron chi connectivity index (χ0n) is 14.2. The summed E-state index contributed by atoms with van der Waals surface area (Å²) in [6.45, 7) is 6.04. The first-order valence-electron chi connectivity index (χ1n) is 8.27. The molecule has 1 fully saturated rings. The van der Waals surface area contributed by atoms with Crippen molar-refractivity contribution in [1.29, 1.82) is 0 Å². The molecular formula is C18H25ClN4O. The number of nitrogens with one attached hydrogen (secondary N) is 2. The molecule has 1 aliphatic heterocycles. The van der Waals surface area contributed by atoms with Crippen molar-refractivity contribution in [2.45, 2.75) is 33.1 Å². The fraction of sp³-hybridized carbons (Fsp3) is 0.444. The average molecular weight is 349 g/mol. The van der Waals surface area contributed by atoms with Crippen LogP contribution in [0.15, 0.2) is 30.3 Å². The molecule has 0 bridgehead atoms. The third-order valence-electron chi connectivity index (χ3n) is 4.50. The van der Waals surface area contributed by atoms with Gasteiger partial charge < -0.3 is 10.6 Å². The van der Waals surface area contributed by atoms with Gasteiger partial charge in [-0.1, -0.05) is 18.2 Å². The Kier molecular flexibility index (Phi) is 6.40. The number of aryl methyl sites for hydroxylation is 1. The number of hydrogen-bond donors (Lipinski definition) is 2. The molecule has 3 rings (SSSR count). The first-order chi connectivity index (χ1) is 11.1. The van der Waals surface area contributed by atoms with E-state index >= 15 is 0 Å². The Labute approximate surface area is 149 Å². The zero-order valence-corrected chi connectivity index (χ0v) is 15.0. The van der Waals surface area contributed by atoms with E-state index in [4.69, 9.17) is 0 Å². The third-order valence-corrected chi connectivity index (χ3v) is 4.50. The molecule has 0 spiro atoms. The highest BCUT2D eigenvalue weighted by Gasteiger charge is 2.18. The second-order valence-corrected chi connectivity index (χ2v) is 6.24. The van der Waals surface area contributed by atoms with Crippen LogP contribution in [0.1, 0.15) is 30.7 Å². The molecular weight excluding hydrogens is 324 g/mol. The van der Waals surface area contributed by atoms with Crippen LogP contribution in [0.4, 0.5) is 5.69 Å². The summed E-state index contributed by atoms with van der Waals surface area (Å²) < 4.78 is 1.88.